The van der Waals surface area contributed by atoms with Crippen LogP contribution in [-0.2, 0) is 37.9 Å². The van der Waals surface area contributed by atoms with E-state index in [4.69, 9.17) is 4.74 Å². The number of nitrogens with one attached hydrogen (secondary N) is 1. The van der Waals surface area contributed by atoms with Gasteiger partial charge in [-0.25, -0.2) is 26.7 Å². The van der Waals surface area contributed by atoms with Crippen molar-refractivity contribution in [1.29, 1.82) is 0 Å². The molecule has 1 amide bonds. The number of amides is 1. The summed E-state index contributed by atoms with van der Waals surface area (Å²) in [5.41, 5.74) is 1.81. The minimum absolute atomic E-state index is 0.0429. The van der Waals surface area contributed by atoms with Crippen LogP contribution < -0.4 is 10.2 Å². The second kappa shape index (κ2) is 12.8. The molecule has 0 aliphatic rings. The van der Waals surface area contributed by atoms with Crippen molar-refractivity contribution in [2.24, 2.45) is 5.92 Å². The Kier molecular flexibility index (Phi) is 9.96. The van der Waals surface area contributed by atoms with Crippen molar-refractivity contribution in [3.63, 3.8) is 0 Å². The molecule has 0 fully saturated rings. The van der Waals surface area contributed by atoms with E-state index >= 15 is 0 Å². The largest absolute Gasteiger partial charge is 0.497 e. The zero-order valence-electron chi connectivity index (χ0n) is 22.3. The van der Waals surface area contributed by atoms with Crippen molar-refractivity contribution in [2.75, 3.05) is 20.7 Å². The molecule has 40 heavy (non-hydrogen) atoms. The first-order valence-corrected chi connectivity index (χ1v) is 14.9. The Labute approximate surface area is 232 Å². The molecule has 0 bridgehead atoms. The Morgan fingerprint density at radius 2 is 1.62 bits per heavy atom. The molecule has 0 unspecified atom stereocenters. The van der Waals surface area contributed by atoms with Gasteiger partial charge in [0, 0.05) is 19.8 Å². The molecule has 16 heteroatoms. The molecule has 0 saturated carbocycles. The lowest BCUT2D eigenvalue weighted by Crippen LogP contribution is -2.52. The maximum absolute atomic E-state index is 13.6. The predicted molar refractivity (Wildman–Crippen MR) is 141 cm³/mol. The second-order valence-electron chi connectivity index (χ2n) is 9.14. The fourth-order valence-corrected chi connectivity index (χ4v) is 6.80. The number of halogens is 1. The third kappa shape index (κ3) is 7.00. The van der Waals surface area contributed by atoms with Crippen LogP contribution in [0.4, 0.5) is 4.39 Å². The standard InChI is InChI=1S/C24H31FN6O7S2/c1-17(2)23(24(32)27-33)31(40(36,37)22-11-7-20(38-4)8-12-22)14-13-30-16-19(26-28-30)15-29(3)39(34,35)21-9-5-18(25)6-10-21/h5-12,16-17,23,33H,13-15H2,1-4H3,(H,27,32)/t23-/m1/s1. The molecule has 1 heterocycles. The number of nitrogens with zero attached hydrogens (tertiary/aromatic N) is 5. The highest BCUT2D eigenvalue weighted by Crippen LogP contribution is 2.24. The summed E-state index contributed by atoms with van der Waals surface area (Å²) in [7, 11) is -5.39. The van der Waals surface area contributed by atoms with Crippen LogP contribution >= 0.6 is 0 Å². The molecule has 0 spiro atoms. The van der Waals surface area contributed by atoms with E-state index in [0.29, 0.717) is 5.75 Å². The number of sulfonamides is 2. The fraction of sp³-hybridized carbons (Fsp3) is 0.375. The monoisotopic (exact) mass is 598 g/mol. The number of hydroxylamine groups is 1. The van der Waals surface area contributed by atoms with Crippen LogP contribution in [0.25, 0.3) is 0 Å². The van der Waals surface area contributed by atoms with Crippen molar-refractivity contribution in [1.82, 2.24) is 29.1 Å². The Balaban J connectivity index is 1.82. The van der Waals surface area contributed by atoms with Crippen molar-refractivity contribution >= 4 is 26.0 Å². The van der Waals surface area contributed by atoms with Crippen LogP contribution in [0.3, 0.4) is 0 Å². The summed E-state index contributed by atoms with van der Waals surface area (Å²) in [5.74, 6) is -1.54. The van der Waals surface area contributed by atoms with Crippen LogP contribution in [0, 0.1) is 11.7 Å². The highest BCUT2D eigenvalue weighted by molar-refractivity contribution is 7.89. The lowest BCUT2D eigenvalue weighted by atomic mass is 10.0. The summed E-state index contributed by atoms with van der Waals surface area (Å²) in [6, 6.07) is 8.79. The second-order valence-corrected chi connectivity index (χ2v) is 13.1. The first kappa shape index (κ1) is 31.1. The molecule has 0 aliphatic heterocycles. The van der Waals surface area contributed by atoms with Gasteiger partial charge in [0.15, 0.2) is 0 Å². The maximum atomic E-state index is 13.6. The van der Waals surface area contributed by atoms with Gasteiger partial charge in [0.2, 0.25) is 20.0 Å². The van der Waals surface area contributed by atoms with Gasteiger partial charge in [-0.2, -0.15) is 8.61 Å². The number of methoxy groups -OCH3 is 1. The molecule has 2 N–H and O–H groups in total. The van der Waals surface area contributed by atoms with Gasteiger partial charge in [0.05, 0.1) is 35.7 Å². The summed E-state index contributed by atoms with van der Waals surface area (Å²) in [6.45, 7) is 2.85. The topological polar surface area (TPSA) is 164 Å². The number of ether oxygens (including phenoxy) is 1. The number of benzene rings is 2. The van der Waals surface area contributed by atoms with E-state index in [1.807, 2.05) is 0 Å². The molecule has 13 nitrogen and oxygen atoms in total. The zero-order valence-corrected chi connectivity index (χ0v) is 23.9. The average Bonchev–Trinajstić information content (AvgIpc) is 3.37. The van der Waals surface area contributed by atoms with Gasteiger partial charge in [-0.1, -0.05) is 19.1 Å². The maximum Gasteiger partial charge on any atom is 0.262 e. The Morgan fingerprint density at radius 1 is 1.05 bits per heavy atom. The molecule has 1 atom stereocenters. The van der Waals surface area contributed by atoms with Crippen LogP contribution in [0.2, 0.25) is 0 Å². The zero-order chi connectivity index (χ0) is 29.7. The summed E-state index contributed by atoms with van der Waals surface area (Å²) in [5, 5.41) is 17.2. The van der Waals surface area contributed by atoms with Gasteiger partial charge in [-0.15, -0.1) is 5.10 Å². The summed E-state index contributed by atoms with van der Waals surface area (Å²) in [6.07, 6.45) is 1.45. The van der Waals surface area contributed by atoms with Crippen molar-refractivity contribution < 1.29 is 36.0 Å². The van der Waals surface area contributed by atoms with Gasteiger partial charge in [0.25, 0.3) is 5.91 Å². The quantitative estimate of drug-likeness (QED) is 0.219. The molecule has 3 aromatic rings. The van der Waals surface area contributed by atoms with Gasteiger partial charge in [0.1, 0.15) is 17.6 Å². The van der Waals surface area contributed by atoms with E-state index in [0.717, 1.165) is 32.9 Å². The number of hydrogen-bond donors (Lipinski definition) is 2. The molecular weight excluding hydrogens is 567 g/mol. The van der Waals surface area contributed by atoms with Crippen LogP contribution in [0.1, 0.15) is 19.5 Å². The van der Waals surface area contributed by atoms with Crippen molar-refractivity contribution in [2.45, 2.75) is 42.8 Å². The van der Waals surface area contributed by atoms with E-state index in [-0.39, 0.29) is 35.1 Å². The Morgan fingerprint density at radius 3 is 2.17 bits per heavy atom. The lowest BCUT2D eigenvalue weighted by molar-refractivity contribution is -0.134. The smallest absolute Gasteiger partial charge is 0.262 e. The van der Waals surface area contributed by atoms with E-state index in [2.05, 4.69) is 10.3 Å². The Bertz CT molecular complexity index is 1510. The summed E-state index contributed by atoms with van der Waals surface area (Å²) in [4.78, 5) is 12.4. The normalized spacial score (nSPS) is 13.1. The molecule has 0 radical (unpaired) electrons. The van der Waals surface area contributed by atoms with Crippen molar-refractivity contribution in [3.05, 3.63) is 66.2 Å². The summed E-state index contributed by atoms with van der Waals surface area (Å²) >= 11 is 0. The third-order valence-corrected chi connectivity index (χ3v) is 9.74. The number of hydrogen-bond acceptors (Lipinski definition) is 9. The van der Waals surface area contributed by atoms with E-state index < -0.39 is 43.7 Å². The first-order valence-electron chi connectivity index (χ1n) is 12.0. The Hall–Kier alpha value is -3.44. The van der Waals surface area contributed by atoms with Crippen LogP contribution in [0.15, 0.2) is 64.5 Å². The number of rotatable bonds is 13. The van der Waals surface area contributed by atoms with Gasteiger partial charge >= 0.3 is 0 Å². The predicted octanol–water partition coefficient (Wildman–Crippen LogP) is 1.47. The van der Waals surface area contributed by atoms with E-state index in [9.17, 15) is 31.2 Å². The lowest BCUT2D eigenvalue weighted by Gasteiger charge is -2.31. The molecule has 3 rings (SSSR count). The first-order chi connectivity index (χ1) is 18.8. The summed E-state index contributed by atoms with van der Waals surface area (Å²) < 4.78 is 74.4. The highest BCUT2D eigenvalue weighted by Gasteiger charge is 2.38. The highest BCUT2D eigenvalue weighted by atomic mass is 32.2. The van der Waals surface area contributed by atoms with Gasteiger partial charge in [-0.05, 0) is 54.4 Å². The molecule has 2 aromatic carbocycles. The van der Waals surface area contributed by atoms with Crippen LogP contribution in [-0.4, -0.2) is 78.3 Å². The average molecular weight is 599 g/mol. The molecule has 0 aliphatic carbocycles. The molecule has 1 aromatic heterocycles. The minimum atomic E-state index is -4.23. The molecular formula is C24H31FN6O7S2. The molecule has 0 saturated heterocycles. The van der Waals surface area contributed by atoms with Gasteiger partial charge in [-0.3, -0.25) is 14.7 Å². The van der Waals surface area contributed by atoms with Gasteiger partial charge < -0.3 is 4.74 Å². The number of aromatic nitrogens is 3. The molecule has 218 valence electrons. The van der Waals surface area contributed by atoms with E-state index in [1.54, 1.807) is 19.3 Å². The number of carbonyl (C=O) groups is 1. The number of carbonyl (C=O) groups excluding carboxylic acids is 1. The van der Waals surface area contributed by atoms with E-state index in [1.165, 1.54) is 49.3 Å². The SMILES string of the molecule is COc1ccc(S(=O)(=O)N(CCn2cc(CN(C)S(=O)(=O)c3ccc(F)cc3)nn2)[C@@H](C(=O)NO)C(C)C)cc1. The fourth-order valence-electron chi connectivity index (χ4n) is 3.94. The van der Waals surface area contributed by atoms with Crippen molar-refractivity contribution in [3.8, 4) is 5.75 Å². The minimum Gasteiger partial charge on any atom is -0.497 e. The van der Waals surface area contributed by atoms with Crippen LogP contribution in [0.5, 0.6) is 5.75 Å². The third-order valence-electron chi connectivity index (χ3n) is 6.03.